The van der Waals surface area contributed by atoms with Crippen LogP contribution in [0.3, 0.4) is 0 Å². The first-order chi connectivity index (χ1) is 13.9. The molecule has 29 heavy (non-hydrogen) atoms. The molecule has 0 radical (unpaired) electrons. The van der Waals surface area contributed by atoms with Crippen LogP contribution in [0.1, 0.15) is 39.5 Å². The van der Waals surface area contributed by atoms with E-state index in [4.69, 9.17) is 4.98 Å². The maximum absolute atomic E-state index is 13.0. The third-order valence-corrected chi connectivity index (χ3v) is 8.91. The molecule has 4 aromatic heterocycles. The summed E-state index contributed by atoms with van der Waals surface area (Å²) in [6.45, 7) is 3.96. The topological polar surface area (TPSA) is 80.6 Å². The van der Waals surface area contributed by atoms with Crippen molar-refractivity contribution in [1.82, 2.24) is 19.5 Å². The minimum Gasteiger partial charge on any atom is -0.309 e. The largest absolute Gasteiger partial charge is 0.309 e. The van der Waals surface area contributed by atoms with E-state index in [2.05, 4.69) is 9.97 Å². The van der Waals surface area contributed by atoms with Crippen molar-refractivity contribution < 1.29 is 0 Å². The first kappa shape index (κ1) is 19.0. The zero-order valence-corrected chi connectivity index (χ0v) is 18.9. The molecule has 0 bridgehead atoms. The van der Waals surface area contributed by atoms with Gasteiger partial charge in [-0.05, 0) is 50.7 Å². The summed E-state index contributed by atoms with van der Waals surface area (Å²) in [6, 6.07) is 0. The third kappa shape index (κ3) is 3.06. The number of nitrogens with one attached hydrogen (secondary N) is 1. The van der Waals surface area contributed by atoms with Crippen LogP contribution in [0.4, 0.5) is 0 Å². The highest BCUT2D eigenvalue weighted by Crippen LogP contribution is 2.35. The van der Waals surface area contributed by atoms with E-state index in [0.717, 1.165) is 44.8 Å². The number of hydrogen-bond donors (Lipinski definition) is 1. The fraction of sp³-hybridized carbons (Fsp3) is 0.400. The fourth-order valence-corrected chi connectivity index (χ4v) is 7.09. The molecule has 1 aliphatic rings. The number of rotatable bonds is 3. The summed E-state index contributed by atoms with van der Waals surface area (Å²) in [5.74, 6) is 1.06. The summed E-state index contributed by atoms with van der Waals surface area (Å²) in [5, 5.41) is 2.13. The molecule has 4 heterocycles. The Morgan fingerprint density at radius 1 is 1.07 bits per heavy atom. The number of thioether (sulfide) groups is 1. The first-order valence-electron chi connectivity index (χ1n) is 9.57. The zero-order chi connectivity index (χ0) is 20.3. The van der Waals surface area contributed by atoms with E-state index in [1.165, 1.54) is 28.6 Å². The van der Waals surface area contributed by atoms with Crippen LogP contribution in [0.2, 0.25) is 0 Å². The number of thiophene rings is 2. The van der Waals surface area contributed by atoms with Crippen molar-refractivity contribution in [3.05, 3.63) is 47.4 Å². The Morgan fingerprint density at radius 3 is 2.66 bits per heavy atom. The SMILES string of the molecule is Cc1sc2nc(CSc3nc4sc5c(c4c(=O)n3C)CCCC5)[nH]c(=O)c2c1C. The monoisotopic (exact) mass is 444 g/mol. The number of fused-ring (bicyclic) bond motifs is 4. The Hall–Kier alpha value is -1.97. The lowest BCUT2D eigenvalue weighted by Crippen LogP contribution is -2.20. The molecular formula is C20H20N4O2S3. The molecule has 5 rings (SSSR count). The van der Waals surface area contributed by atoms with Gasteiger partial charge in [0.2, 0.25) is 0 Å². The molecule has 0 aromatic carbocycles. The number of hydrogen-bond acceptors (Lipinski definition) is 7. The highest BCUT2D eigenvalue weighted by Gasteiger charge is 2.21. The van der Waals surface area contributed by atoms with Gasteiger partial charge in [0.15, 0.2) is 5.16 Å². The molecule has 1 N–H and O–H groups in total. The molecule has 0 spiro atoms. The maximum Gasteiger partial charge on any atom is 0.262 e. The van der Waals surface area contributed by atoms with Crippen molar-refractivity contribution in [1.29, 1.82) is 0 Å². The average Bonchev–Trinajstić information content (AvgIpc) is 3.20. The predicted octanol–water partition coefficient (Wildman–Crippen LogP) is 4.08. The molecular weight excluding hydrogens is 424 g/mol. The maximum atomic E-state index is 13.0. The van der Waals surface area contributed by atoms with Crippen molar-refractivity contribution in [3.8, 4) is 0 Å². The smallest absolute Gasteiger partial charge is 0.262 e. The van der Waals surface area contributed by atoms with Crippen molar-refractivity contribution in [2.24, 2.45) is 7.05 Å². The van der Waals surface area contributed by atoms with Crippen molar-refractivity contribution in [2.75, 3.05) is 0 Å². The Balaban J connectivity index is 1.51. The Kier molecular flexibility index (Phi) is 4.64. The van der Waals surface area contributed by atoms with Crippen LogP contribution in [-0.2, 0) is 25.6 Å². The highest BCUT2D eigenvalue weighted by atomic mass is 32.2. The van der Waals surface area contributed by atoms with E-state index in [9.17, 15) is 9.59 Å². The molecule has 0 fully saturated rings. The van der Waals surface area contributed by atoms with Gasteiger partial charge in [-0.25, -0.2) is 9.97 Å². The summed E-state index contributed by atoms with van der Waals surface area (Å²) < 4.78 is 1.63. The molecule has 0 atom stereocenters. The lowest BCUT2D eigenvalue weighted by molar-refractivity contribution is 0.695. The molecule has 6 nitrogen and oxygen atoms in total. The summed E-state index contributed by atoms with van der Waals surface area (Å²) in [6.07, 6.45) is 4.35. The first-order valence-corrected chi connectivity index (χ1v) is 12.2. The standard InChI is InChI=1S/C20H20N4O2S3/c1-9-10(2)28-17-14(9)16(25)21-13(22-17)8-27-20-23-18-15(19(26)24(20)3)11-6-4-5-7-12(11)29-18/h4-8H2,1-3H3,(H,21,22,25). The lowest BCUT2D eigenvalue weighted by atomic mass is 9.97. The van der Waals surface area contributed by atoms with Crippen molar-refractivity contribution >= 4 is 54.9 Å². The van der Waals surface area contributed by atoms with Crippen LogP contribution in [0.25, 0.3) is 20.4 Å². The van der Waals surface area contributed by atoms with Gasteiger partial charge >= 0.3 is 0 Å². The van der Waals surface area contributed by atoms with Gasteiger partial charge in [-0.2, -0.15) is 0 Å². The Bertz CT molecular complexity index is 1390. The van der Waals surface area contributed by atoms with Crippen molar-refractivity contribution in [3.63, 3.8) is 0 Å². The number of H-pyrrole nitrogens is 1. The number of aryl methyl sites for hydroxylation is 4. The van der Waals surface area contributed by atoms with Crippen LogP contribution in [0, 0.1) is 13.8 Å². The van der Waals surface area contributed by atoms with Gasteiger partial charge in [0.05, 0.1) is 16.5 Å². The molecule has 0 unspecified atom stereocenters. The second-order valence-corrected chi connectivity index (χ2v) is 10.6. The van der Waals surface area contributed by atoms with Crippen LogP contribution < -0.4 is 11.1 Å². The van der Waals surface area contributed by atoms with Gasteiger partial charge < -0.3 is 4.98 Å². The normalized spacial score (nSPS) is 14.0. The quantitative estimate of drug-likeness (QED) is 0.380. The van der Waals surface area contributed by atoms with E-state index in [1.807, 2.05) is 13.8 Å². The van der Waals surface area contributed by atoms with Gasteiger partial charge in [-0.1, -0.05) is 11.8 Å². The highest BCUT2D eigenvalue weighted by molar-refractivity contribution is 7.98. The summed E-state index contributed by atoms with van der Waals surface area (Å²) >= 11 is 4.63. The predicted molar refractivity (Wildman–Crippen MR) is 121 cm³/mol. The molecule has 0 aliphatic heterocycles. The van der Waals surface area contributed by atoms with Crippen LogP contribution in [-0.4, -0.2) is 19.5 Å². The number of aromatic nitrogens is 4. The van der Waals surface area contributed by atoms with Gasteiger partial charge in [0.1, 0.15) is 15.5 Å². The Morgan fingerprint density at radius 2 is 1.83 bits per heavy atom. The minimum absolute atomic E-state index is 0.0262. The van der Waals surface area contributed by atoms with Gasteiger partial charge in [-0.15, -0.1) is 22.7 Å². The number of nitrogens with zero attached hydrogens (tertiary/aromatic N) is 3. The van der Waals surface area contributed by atoms with Crippen LogP contribution in [0.5, 0.6) is 0 Å². The summed E-state index contributed by atoms with van der Waals surface area (Å²) in [5.41, 5.74) is 2.13. The van der Waals surface area contributed by atoms with E-state index < -0.39 is 0 Å². The lowest BCUT2D eigenvalue weighted by Gasteiger charge is -2.10. The third-order valence-electron chi connectivity index (χ3n) is 5.58. The van der Waals surface area contributed by atoms with Gasteiger partial charge in [-0.3, -0.25) is 14.2 Å². The summed E-state index contributed by atoms with van der Waals surface area (Å²) in [7, 11) is 1.77. The van der Waals surface area contributed by atoms with Crippen LogP contribution >= 0.6 is 34.4 Å². The molecule has 0 saturated carbocycles. The second-order valence-electron chi connectivity index (χ2n) is 7.41. The Labute approximate surface area is 179 Å². The van der Waals surface area contributed by atoms with E-state index in [-0.39, 0.29) is 11.1 Å². The van der Waals surface area contributed by atoms with E-state index in [1.54, 1.807) is 34.3 Å². The van der Waals surface area contributed by atoms with Gasteiger partial charge in [0, 0.05) is 16.8 Å². The molecule has 1 aliphatic carbocycles. The second kappa shape index (κ2) is 7.07. The molecule has 150 valence electrons. The van der Waals surface area contributed by atoms with E-state index in [0.29, 0.717) is 22.1 Å². The van der Waals surface area contributed by atoms with Crippen molar-refractivity contribution in [2.45, 2.75) is 50.4 Å². The molecule has 0 saturated heterocycles. The molecule has 9 heteroatoms. The number of aromatic amines is 1. The average molecular weight is 445 g/mol. The van der Waals surface area contributed by atoms with E-state index >= 15 is 0 Å². The zero-order valence-electron chi connectivity index (χ0n) is 16.4. The fourth-order valence-electron chi connectivity index (χ4n) is 3.90. The molecule has 0 amide bonds. The summed E-state index contributed by atoms with van der Waals surface area (Å²) in [4.78, 5) is 41.8. The minimum atomic E-state index is -0.101. The van der Waals surface area contributed by atoms with Gasteiger partial charge in [0.25, 0.3) is 11.1 Å². The molecule has 4 aromatic rings. The van der Waals surface area contributed by atoms with Crippen LogP contribution in [0.15, 0.2) is 14.7 Å².